The van der Waals surface area contributed by atoms with Crippen LogP contribution in [0.1, 0.15) is 13.3 Å². The van der Waals surface area contributed by atoms with Gasteiger partial charge in [-0.15, -0.1) is 0 Å². The van der Waals surface area contributed by atoms with Gasteiger partial charge in [0, 0.05) is 10.9 Å². The summed E-state index contributed by atoms with van der Waals surface area (Å²) in [5, 5.41) is 5.44. The molecule has 0 aliphatic carbocycles. The number of carbonyl (C=O) groups is 2. The molecule has 8 heteroatoms. The predicted molar refractivity (Wildman–Crippen MR) is 84.5 cm³/mol. The van der Waals surface area contributed by atoms with Gasteiger partial charge in [0.1, 0.15) is 0 Å². The van der Waals surface area contributed by atoms with Gasteiger partial charge in [0.05, 0.1) is 17.2 Å². The van der Waals surface area contributed by atoms with Gasteiger partial charge in [0.25, 0.3) is 0 Å². The zero-order valence-electron chi connectivity index (χ0n) is 12.0. The molecule has 1 aromatic carbocycles. The maximum atomic E-state index is 12.5. The van der Waals surface area contributed by atoms with Crippen molar-refractivity contribution in [2.75, 3.05) is 16.8 Å². The smallest absolute Gasteiger partial charge is 0.250 e. The summed E-state index contributed by atoms with van der Waals surface area (Å²) in [6.45, 7) is 1.56. The largest absolute Gasteiger partial charge is 0.351 e. The average molecular weight is 340 g/mol. The Bertz CT molecular complexity index is 747. The predicted octanol–water partition coefficient (Wildman–Crippen LogP) is 0.793. The molecule has 6 nitrogen and oxygen atoms in total. The fourth-order valence-electron chi connectivity index (χ4n) is 2.55. The summed E-state index contributed by atoms with van der Waals surface area (Å²) in [4.78, 5) is 25.6. The van der Waals surface area contributed by atoms with Gasteiger partial charge in [-0.25, -0.2) is 8.42 Å². The van der Waals surface area contributed by atoms with Gasteiger partial charge in [0.15, 0.2) is 14.6 Å². The summed E-state index contributed by atoms with van der Waals surface area (Å²) in [6.07, 6.45) is 0.396. The van der Waals surface area contributed by atoms with Crippen molar-refractivity contribution < 1.29 is 18.0 Å². The summed E-state index contributed by atoms with van der Waals surface area (Å²) >= 11 is 1.19. The first-order chi connectivity index (χ1) is 10.3. The first-order valence-corrected chi connectivity index (χ1v) is 9.55. The number of fused-ring (bicyclic) bond motifs is 1. The molecule has 118 valence electrons. The number of thioether (sulfide) groups is 1. The molecule has 2 atom stereocenters. The van der Waals surface area contributed by atoms with Crippen LogP contribution in [0.15, 0.2) is 29.2 Å². The molecule has 2 heterocycles. The molecule has 2 aliphatic heterocycles. The van der Waals surface area contributed by atoms with E-state index in [0.717, 1.165) is 4.90 Å². The molecule has 1 saturated heterocycles. The highest BCUT2D eigenvalue weighted by atomic mass is 32.2. The summed E-state index contributed by atoms with van der Waals surface area (Å²) in [5.41, 5.74) is 0.686. The first-order valence-electron chi connectivity index (χ1n) is 6.91. The normalized spacial score (nSPS) is 29.5. The molecule has 2 amide bonds. The maximum Gasteiger partial charge on any atom is 0.250 e. The molecule has 1 aromatic rings. The molecule has 0 radical (unpaired) electrons. The Kier molecular flexibility index (Phi) is 3.68. The van der Waals surface area contributed by atoms with Crippen LogP contribution in [0.3, 0.4) is 0 Å². The van der Waals surface area contributed by atoms with Crippen LogP contribution in [0, 0.1) is 0 Å². The minimum atomic E-state index is -3.08. The number of hydrogen-bond donors (Lipinski definition) is 2. The number of sulfone groups is 1. The van der Waals surface area contributed by atoms with Gasteiger partial charge in [-0.3, -0.25) is 9.59 Å². The Morgan fingerprint density at radius 2 is 2.14 bits per heavy atom. The molecular formula is C14H16N2O4S2. The van der Waals surface area contributed by atoms with Crippen molar-refractivity contribution >= 4 is 39.1 Å². The van der Waals surface area contributed by atoms with Gasteiger partial charge in [0.2, 0.25) is 11.8 Å². The zero-order chi connectivity index (χ0) is 16.0. The Labute approximate surface area is 133 Å². The average Bonchev–Trinajstić information content (AvgIpc) is 2.79. The van der Waals surface area contributed by atoms with Crippen molar-refractivity contribution in [3.05, 3.63) is 24.3 Å². The molecule has 2 N–H and O–H groups in total. The second-order valence-electron chi connectivity index (χ2n) is 5.66. The van der Waals surface area contributed by atoms with E-state index in [-0.39, 0.29) is 11.5 Å². The SMILES string of the molecule is C[C@]1(C(=O)N[C@@H]2CCS(=O)(=O)C2)Sc2ccccc2NC1=O. The lowest BCUT2D eigenvalue weighted by Crippen LogP contribution is -2.54. The van der Waals surface area contributed by atoms with Crippen LogP contribution in [0.2, 0.25) is 0 Å². The Morgan fingerprint density at radius 3 is 2.82 bits per heavy atom. The van der Waals surface area contributed by atoms with E-state index in [0.29, 0.717) is 12.1 Å². The van der Waals surface area contributed by atoms with Gasteiger partial charge in [-0.05, 0) is 25.5 Å². The molecular weight excluding hydrogens is 324 g/mol. The molecule has 1 fully saturated rings. The van der Waals surface area contributed by atoms with Crippen molar-refractivity contribution in [3.8, 4) is 0 Å². The Balaban J connectivity index is 1.78. The second-order valence-corrected chi connectivity index (χ2v) is 9.35. The molecule has 0 unspecified atom stereocenters. The number of rotatable bonds is 2. The van der Waals surface area contributed by atoms with Crippen molar-refractivity contribution in [1.82, 2.24) is 5.32 Å². The first kappa shape index (κ1) is 15.4. The molecule has 0 saturated carbocycles. The van der Waals surface area contributed by atoms with E-state index in [1.807, 2.05) is 18.2 Å². The lowest BCUT2D eigenvalue weighted by Gasteiger charge is -2.32. The number of carbonyl (C=O) groups excluding carboxylic acids is 2. The molecule has 0 spiro atoms. The van der Waals surface area contributed by atoms with E-state index >= 15 is 0 Å². The van der Waals surface area contributed by atoms with E-state index in [4.69, 9.17) is 0 Å². The summed E-state index contributed by atoms with van der Waals surface area (Å²) in [7, 11) is -3.08. The lowest BCUT2D eigenvalue weighted by atomic mass is 10.1. The van der Waals surface area contributed by atoms with Crippen LogP contribution < -0.4 is 10.6 Å². The maximum absolute atomic E-state index is 12.5. The minimum absolute atomic E-state index is 0.0578. The van der Waals surface area contributed by atoms with Crippen molar-refractivity contribution in [3.63, 3.8) is 0 Å². The second kappa shape index (κ2) is 5.27. The number of para-hydroxylation sites is 1. The highest BCUT2D eigenvalue weighted by Crippen LogP contribution is 2.42. The van der Waals surface area contributed by atoms with Gasteiger partial charge in [-0.2, -0.15) is 0 Å². The van der Waals surface area contributed by atoms with Crippen molar-refractivity contribution in [1.29, 1.82) is 0 Å². The van der Waals surface area contributed by atoms with Gasteiger partial charge in [-0.1, -0.05) is 23.9 Å². The van der Waals surface area contributed by atoms with Gasteiger partial charge < -0.3 is 10.6 Å². The van der Waals surface area contributed by atoms with E-state index in [1.54, 1.807) is 13.0 Å². The van der Waals surface area contributed by atoms with Crippen molar-refractivity contribution in [2.24, 2.45) is 0 Å². The summed E-state index contributed by atoms with van der Waals surface area (Å²) < 4.78 is 21.6. The van der Waals surface area contributed by atoms with Crippen molar-refractivity contribution in [2.45, 2.75) is 29.0 Å². The number of benzene rings is 1. The molecule has 22 heavy (non-hydrogen) atoms. The number of hydrogen-bond acceptors (Lipinski definition) is 5. The van der Waals surface area contributed by atoms with Crippen LogP contribution in [0.5, 0.6) is 0 Å². The third-order valence-corrected chi connectivity index (χ3v) is 7.01. The third kappa shape index (κ3) is 2.72. The lowest BCUT2D eigenvalue weighted by molar-refractivity contribution is -0.130. The Hall–Kier alpha value is -1.54. The van der Waals surface area contributed by atoms with Gasteiger partial charge >= 0.3 is 0 Å². The zero-order valence-corrected chi connectivity index (χ0v) is 13.6. The minimum Gasteiger partial charge on any atom is -0.351 e. The number of amides is 2. The standard InChI is InChI=1S/C14H16N2O4S2/c1-14(12(17)15-9-6-7-22(19,20)8-9)13(18)16-10-4-2-3-5-11(10)21-14/h2-5,9H,6-8H2,1H3,(H,15,17)(H,16,18)/t9-,14-/m1/s1. The summed E-state index contributed by atoms with van der Waals surface area (Å²) in [5.74, 6) is -0.824. The molecule has 0 aromatic heterocycles. The van der Waals surface area contributed by atoms with E-state index in [9.17, 15) is 18.0 Å². The topological polar surface area (TPSA) is 92.3 Å². The quantitative estimate of drug-likeness (QED) is 0.777. The fraction of sp³-hybridized carbons (Fsp3) is 0.429. The molecule has 3 rings (SSSR count). The van der Waals surface area contributed by atoms with Crippen LogP contribution in [-0.4, -0.2) is 42.5 Å². The van der Waals surface area contributed by atoms with Crippen LogP contribution in [0.4, 0.5) is 5.69 Å². The third-order valence-electron chi connectivity index (χ3n) is 3.88. The van der Waals surface area contributed by atoms with E-state index in [2.05, 4.69) is 10.6 Å². The molecule has 2 aliphatic rings. The van der Waals surface area contributed by atoms with Crippen LogP contribution in [-0.2, 0) is 19.4 Å². The summed E-state index contributed by atoms with van der Waals surface area (Å²) in [6, 6.07) is 6.85. The number of anilines is 1. The number of nitrogens with one attached hydrogen (secondary N) is 2. The van der Waals surface area contributed by atoms with E-state index < -0.39 is 32.4 Å². The van der Waals surface area contributed by atoms with Crippen LogP contribution >= 0.6 is 11.8 Å². The monoisotopic (exact) mass is 340 g/mol. The molecule has 0 bridgehead atoms. The Morgan fingerprint density at radius 1 is 1.41 bits per heavy atom. The highest BCUT2D eigenvalue weighted by molar-refractivity contribution is 8.02. The van der Waals surface area contributed by atoms with Crippen LogP contribution in [0.25, 0.3) is 0 Å². The fourth-order valence-corrected chi connectivity index (χ4v) is 5.33. The highest BCUT2D eigenvalue weighted by Gasteiger charge is 2.47. The van der Waals surface area contributed by atoms with E-state index in [1.165, 1.54) is 11.8 Å².